The molecule has 0 bridgehead atoms. The number of benzene rings is 4. The van der Waals surface area contributed by atoms with Crippen molar-refractivity contribution >= 4 is 27.5 Å². The summed E-state index contributed by atoms with van der Waals surface area (Å²) in [6.07, 6.45) is 0.172. The van der Waals surface area contributed by atoms with E-state index >= 15 is 0 Å². The number of ether oxygens (including phenoxy) is 1. The highest BCUT2D eigenvalue weighted by Gasteiger charge is 2.35. The topological polar surface area (TPSA) is 96.0 Å². The van der Waals surface area contributed by atoms with Crippen LogP contribution in [0.1, 0.15) is 44.4 Å². The van der Waals surface area contributed by atoms with E-state index in [2.05, 4.69) is 5.32 Å². The molecule has 0 aliphatic rings. The van der Waals surface area contributed by atoms with Gasteiger partial charge in [0.05, 0.1) is 17.2 Å². The SMILES string of the molecule is CCOc1ccc(S(=O)(=O)N(CC(=O)N(Cc2ccc(F)cc2)[C@@H](Cc2ccccc2)C(=O)NC(C)(C)C)c2ccc(C)cc2)cc1. The molecule has 4 aromatic rings. The number of anilines is 1. The maximum atomic E-state index is 14.5. The van der Waals surface area contributed by atoms with E-state index in [4.69, 9.17) is 4.74 Å². The minimum absolute atomic E-state index is 0.0225. The Morgan fingerprint density at radius 3 is 2.04 bits per heavy atom. The molecule has 0 aromatic heterocycles. The number of carbonyl (C=O) groups is 2. The van der Waals surface area contributed by atoms with E-state index in [1.807, 2.05) is 65.0 Å². The van der Waals surface area contributed by atoms with Gasteiger partial charge in [0, 0.05) is 18.5 Å². The Labute approximate surface area is 277 Å². The molecule has 8 nitrogen and oxygen atoms in total. The molecule has 0 aliphatic carbocycles. The standard InChI is InChI=1S/C37H42FN3O5S/c1-6-46-32-20-22-33(23-21-32)47(44,45)41(31-18-12-27(2)13-19-31)26-35(42)40(25-29-14-16-30(38)17-15-29)34(36(43)39-37(3,4)5)24-28-10-8-7-9-11-28/h7-23,34H,6,24-26H2,1-5H3,(H,39,43)/t34-/m0/s1. The third-order valence-corrected chi connectivity index (χ3v) is 9.15. The van der Waals surface area contributed by atoms with Crippen molar-refractivity contribution in [1.82, 2.24) is 10.2 Å². The van der Waals surface area contributed by atoms with Crippen LogP contribution >= 0.6 is 0 Å². The van der Waals surface area contributed by atoms with Gasteiger partial charge in [-0.15, -0.1) is 0 Å². The average Bonchev–Trinajstić information content (AvgIpc) is 3.03. The van der Waals surface area contributed by atoms with Crippen LogP contribution < -0.4 is 14.4 Å². The van der Waals surface area contributed by atoms with Gasteiger partial charge >= 0.3 is 0 Å². The summed E-state index contributed by atoms with van der Waals surface area (Å²) in [7, 11) is -4.26. The molecule has 0 heterocycles. The number of amides is 2. The molecule has 1 atom stereocenters. The Kier molecular flexibility index (Phi) is 11.4. The van der Waals surface area contributed by atoms with Gasteiger partial charge in [-0.1, -0.05) is 60.2 Å². The van der Waals surface area contributed by atoms with Crippen LogP contribution in [0.5, 0.6) is 5.75 Å². The number of sulfonamides is 1. The van der Waals surface area contributed by atoms with Crippen LogP contribution in [0.3, 0.4) is 0 Å². The van der Waals surface area contributed by atoms with Gasteiger partial charge in [0.25, 0.3) is 10.0 Å². The monoisotopic (exact) mass is 659 g/mol. The maximum Gasteiger partial charge on any atom is 0.264 e. The summed E-state index contributed by atoms with van der Waals surface area (Å²) in [4.78, 5) is 29.8. The molecule has 0 unspecified atom stereocenters. The summed E-state index contributed by atoms with van der Waals surface area (Å²) in [5, 5.41) is 3.00. The first-order valence-corrected chi connectivity index (χ1v) is 16.9. The number of halogens is 1. The zero-order chi connectivity index (χ0) is 34.2. The predicted molar refractivity (Wildman–Crippen MR) is 182 cm³/mol. The quantitative estimate of drug-likeness (QED) is 0.182. The second kappa shape index (κ2) is 15.3. The molecule has 10 heteroatoms. The van der Waals surface area contributed by atoms with E-state index in [-0.39, 0.29) is 17.9 Å². The maximum absolute atomic E-state index is 14.5. The van der Waals surface area contributed by atoms with Crippen molar-refractivity contribution in [2.24, 2.45) is 0 Å². The second-order valence-electron chi connectivity index (χ2n) is 12.3. The molecule has 1 N–H and O–H groups in total. The number of nitrogens with zero attached hydrogens (tertiary/aromatic N) is 2. The van der Waals surface area contributed by atoms with Crippen LogP contribution in [0.25, 0.3) is 0 Å². The molecule has 0 spiro atoms. The van der Waals surface area contributed by atoms with Gasteiger partial charge in [-0.3, -0.25) is 13.9 Å². The molecular formula is C37H42FN3O5S. The number of hydrogen-bond donors (Lipinski definition) is 1. The third-order valence-electron chi connectivity index (χ3n) is 7.36. The van der Waals surface area contributed by atoms with Gasteiger partial charge in [-0.2, -0.15) is 0 Å². The number of aryl methyl sites for hydroxylation is 1. The Hall–Kier alpha value is -4.70. The second-order valence-corrected chi connectivity index (χ2v) is 14.2. The molecule has 4 rings (SSSR count). The fraction of sp³-hybridized carbons (Fsp3) is 0.297. The highest BCUT2D eigenvalue weighted by Crippen LogP contribution is 2.27. The minimum atomic E-state index is -4.26. The van der Waals surface area contributed by atoms with Gasteiger partial charge in [-0.05, 0) is 94.3 Å². The summed E-state index contributed by atoms with van der Waals surface area (Å²) in [5.41, 5.74) is 1.99. The molecule has 0 fully saturated rings. The van der Waals surface area contributed by atoms with Crippen molar-refractivity contribution < 1.29 is 27.1 Å². The minimum Gasteiger partial charge on any atom is -0.494 e. The lowest BCUT2D eigenvalue weighted by Crippen LogP contribution is -2.56. The van der Waals surface area contributed by atoms with Crippen molar-refractivity contribution in [1.29, 1.82) is 0 Å². The molecule has 0 saturated heterocycles. The van der Waals surface area contributed by atoms with Gasteiger partial charge in [-0.25, -0.2) is 12.8 Å². The summed E-state index contributed by atoms with van der Waals surface area (Å²) in [6.45, 7) is 9.03. The number of hydrogen-bond acceptors (Lipinski definition) is 5. The van der Waals surface area contributed by atoms with Crippen LogP contribution in [0.2, 0.25) is 0 Å². The first-order chi connectivity index (χ1) is 22.3. The first kappa shape index (κ1) is 35.2. The molecule has 4 aromatic carbocycles. The van der Waals surface area contributed by atoms with Crippen molar-refractivity contribution in [3.63, 3.8) is 0 Å². The smallest absolute Gasteiger partial charge is 0.264 e. The van der Waals surface area contributed by atoms with Crippen LogP contribution in [0, 0.1) is 12.7 Å². The zero-order valence-corrected chi connectivity index (χ0v) is 28.3. The third kappa shape index (κ3) is 9.65. The van der Waals surface area contributed by atoms with E-state index in [1.165, 1.54) is 29.2 Å². The van der Waals surface area contributed by atoms with E-state index in [0.29, 0.717) is 23.6 Å². The van der Waals surface area contributed by atoms with Crippen LogP contribution in [-0.2, 0) is 32.6 Å². The van der Waals surface area contributed by atoms with Crippen LogP contribution in [0.4, 0.5) is 10.1 Å². The van der Waals surface area contributed by atoms with E-state index in [0.717, 1.165) is 15.4 Å². The Bertz CT molecular complexity index is 1740. The fourth-order valence-corrected chi connectivity index (χ4v) is 6.45. The average molecular weight is 660 g/mol. The van der Waals surface area contributed by atoms with Crippen molar-refractivity contribution in [2.45, 2.75) is 64.1 Å². The lowest BCUT2D eigenvalue weighted by molar-refractivity contribution is -0.140. The predicted octanol–water partition coefficient (Wildman–Crippen LogP) is 6.28. The Morgan fingerprint density at radius 1 is 0.851 bits per heavy atom. The Balaban J connectivity index is 1.80. The summed E-state index contributed by atoms with van der Waals surface area (Å²) >= 11 is 0. The van der Waals surface area contributed by atoms with E-state index in [1.54, 1.807) is 48.5 Å². The van der Waals surface area contributed by atoms with Gasteiger partial charge < -0.3 is 15.0 Å². The molecule has 2 amide bonds. The van der Waals surface area contributed by atoms with Gasteiger partial charge in [0.2, 0.25) is 11.8 Å². The first-order valence-electron chi connectivity index (χ1n) is 15.5. The van der Waals surface area contributed by atoms with E-state index in [9.17, 15) is 22.4 Å². The molecule has 248 valence electrons. The molecule has 0 radical (unpaired) electrons. The van der Waals surface area contributed by atoms with Crippen LogP contribution in [-0.4, -0.2) is 49.9 Å². The fourth-order valence-electron chi connectivity index (χ4n) is 5.03. The highest BCUT2D eigenvalue weighted by molar-refractivity contribution is 7.92. The summed E-state index contributed by atoms with van der Waals surface area (Å²) in [5.74, 6) is -0.920. The normalized spacial score (nSPS) is 12.2. The lowest BCUT2D eigenvalue weighted by Gasteiger charge is -2.35. The molecular weight excluding hydrogens is 617 g/mol. The highest BCUT2D eigenvalue weighted by atomic mass is 32.2. The number of nitrogens with one attached hydrogen (secondary N) is 1. The zero-order valence-electron chi connectivity index (χ0n) is 27.4. The van der Waals surface area contributed by atoms with Crippen LogP contribution in [0.15, 0.2) is 108 Å². The van der Waals surface area contributed by atoms with Crippen molar-refractivity contribution in [3.05, 3.63) is 126 Å². The summed E-state index contributed by atoms with van der Waals surface area (Å²) in [6, 6.07) is 26.8. The molecule has 0 saturated carbocycles. The van der Waals surface area contributed by atoms with Gasteiger partial charge in [0.15, 0.2) is 0 Å². The summed E-state index contributed by atoms with van der Waals surface area (Å²) < 4.78 is 48.9. The number of carbonyl (C=O) groups excluding carboxylic acids is 2. The van der Waals surface area contributed by atoms with Gasteiger partial charge in [0.1, 0.15) is 24.2 Å². The number of rotatable bonds is 13. The van der Waals surface area contributed by atoms with E-state index < -0.39 is 45.8 Å². The lowest BCUT2D eigenvalue weighted by atomic mass is 10.0. The largest absolute Gasteiger partial charge is 0.494 e. The molecule has 0 aliphatic heterocycles. The van der Waals surface area contributed by atoms with Crippen molar-refractivity contribution in [2.75, 3.05) is 17.5 Å². The Morgan fingerprint density at radius 2 is 1.47 bits per heavy atom. The van der Waals surface area contributed by atoms with Crippen molar-refractivity contribution in [3.8, 4) is 5.75 Å². The molecule has 47 heavy (non-hydrogen) atoms.